The van der Waals surface area contributed by atoms with Gasteiger partial charge in [-0.2, -0.15) is 11.8 Å². The summed E-state index contributed by atoms with van der Waals surface area (Å²) in [7, 11) is 0. The fraction of sp³-hybridized carbons (Fsp3) is 0.556. The van der Waals surface area contributed by atoms with Crippen LogP contribution >= 0.6 is 11.8 Å². The summed E-state index contributed by atoms with van der Waals surface area (Å²) in [6.07, 6.45) is 0.151. The molecule has 1 spiro atoms. The highest BCUT2D eigenvalue weighted by Gasteiger charge is 2.53. The molecule has 0 unspecified atom stereocenters. The Kier molecular flexibility index (Phi) is 4.88. The van der Waals surface area contributed by atoms with Crippen LogP contribution in [0.4, 0.5) is 0 Å². The first-order chi connectivity index (χ1) is 11.4. The number of nitrogens with zero attached hydrogens (tertiary/aromatic N) is 1. The molecule has 0 bridgehead atoms. The van der Waals surface area contributed by atoms with Gasteiger partial charge in [0, 0.05) is 12.2 Å². The number of hydrogen-bond donors (Lipinski definition) is 1. The number of para-hydroxylation sites is 1. The topological polar surface area (TPSA) is 66.8 Å². The maximum atomic E-state index is 12.6. The predicted molar refractivity (Wildman–Crippen MR) is 93.1 cm³/mol. The minimum absolute atomic E-state index is 0.00894. The van der Waals surface area contributed by atoms with Gasteiger partial charge in [0.15, 0.2) is 0 Å². The number of carbonyl (C=O) groups excluding carboxylic acids is 2. The van der Waals surface area contributed by atoms with Crippen LogP contribution in [0.2, 0.25) is 0 Å². The van der Waals surface area contributed by atoms with Crippen LogP contribution < -0.4 is 4.74 Å². The molecule has 6 heteroatoms. The standard InChI is InChI=1S/C18H23NO4S/c1-12-4-3-5-13(2)16(12)23-10-14(20)9-19-15(21)8-18(17(19)22)6-7-24-11-18/h3-5,14,20H,6-11H2,1-2H3/t14-,18-/m1/s1. The van der Waals surface area contributed by atoms with Gasteiger partial charge in [0.25, 0.3) is 0 Å². The van der Waals surface area contributed by atoms with E-state index in [1.165, 1.54) is 4.90 Å². The molecule has 1 N–H and O–H groups in total. The fourth-order valence-corrected chi connectivity index (χ4v) is 4.87. The van der Waals surface area contributed by atoms with E-state index in [-0.39, 0.29) is 31.4 Å². The Morgan fingerprint density at radius 2 is 2.04 bits per heavy atom. The zero-order chi connectivity index (χ0) is 17.3. The van der Waals surface area contributed by atoms with Crippen molar-refractivity contribution in [1.29, 1.82) is 0 Å². The fourth-order valence-electron chi connectivity index (χ4n) is 3.43. The van der Waals surface area contributed by atoms with Crippen LogP contribution in [0.1, 0.15) is 24.0 Å². The Balaban J connectivity index is 1.60. The van der Waals surface area contributed by atoms with Gasteiger partial charge in [-0.25, -0.2) is 0 Å². The molecule has 1 aromatic carbocycles. The quantitative estimate of drug-likeness (QED) is 0.823. The molecule has 2 heterocycles. The first-order valence-corrected chi connectivity index (χ1v) is 9.38. The Morgan fingerprint density at radius 3 is 2.67 bits per heavy atom. The Hall–Kier alpha value is -1.53. The SMILES string of the molecule is Cc1cccc(C)c1OC[C@H](O)CN1C(=O)C[C@@]2(CCSC2)C1=O. The minimum atomic E-state index is -0.888. The van der Waals surface area contributed by atoms with E-state index in [1.54, 1.807) is 11.8 Å². The number of benzene rings is 1. The van der Waals surface area contributed by atoms with Crippen molar-refractivity contribution in [2.75, 3.05) is 24.7 Å². The number of aliphatic hydroxyl groups excluding tert-OH is 1. The first-order valence-electron chi connectivity index (χ1n) is 8.22. The van der Waals surface area contributed by atoms with Crippen molar-refractivity contribution < 1.29 is 19.4 Å². The molecule has 3 rings (SSSR count). The van der Waals surface area contributed by atoms with E-state index in [9.17, 15) is 14.7 Å². The molecule has 0 aliphatic carbocycles. The number of hydrogen-bond acceptors (Lipinski definition) is 5. The smallest absolute Gasteiger partial charge is 0.236 e. The summed E-state index contributed by atoms with van der Waals surface area (Å²) in [6, 6.07) is 5.85. The molecule has 2 saturated heterocycles. The number of imide groups is 1. The van der Waals surface area contributed by atoms with E-state index in [4.69, 9.17) is 4.74 Å². The van der Waals surface area contributed by atoms with Gasteiger partial charge >= 0.3 is 0 Å². The van der Waals surface area contributed by atoms with Crippen molar-refractivity contribution >= 4 is 23.6 Å². The van der Waals surface area contributed by atoms with Gasteiger partial charge in [-0.1, -0.05) is 18.2 Å². The molecule has 2 amide bonds. The highest BCUT2D eigenvalue weighted by molar-refractivity contribution is 7.99. The number of β-amino-alcohol motifs (C(OH)–C–C–N with tert-alkyl or cyclic N) is 1. The van der Waals surface area contributed by atoms with E-state index in [0.717, 1.165) is 29.1 Å². The number of carbonyl (C=O) groups is 2. The molecule has 1 aromatic rings. The third kappa shape index (κ3) is 3.17. The van der Waals surface area contributed by atoms with Crippen LogP contribution in [-0.4, -0.2) is 52.6 Å². The molecule has 2 fully saturated rings. The maximum absolute atomic E-state index is 12.6. The first kappa shape index (κ1) is 17.3. The van der Waals surface area contributed by atoms with Crippen LogP contribution in [0.25, 0.3) is 0 Å². The molecule has 2 aliphatic heterocycles. The van der Waals surface area contributed by atoms with Gasteiger partial charge in [0.2, 0.25) is 11.8 Å². The summed E-state index contributed by atoms with van der Waals surface area (Å²) in [6.45, 7) is 3.97. The van der Waals surface area contributed by atoms with Crippen LogP contribution in [0, 0.1) is 19.3 Å². The number of thioether (sulfide) groups is 1. The lowest BCUT2D eigenvalue weighted by Crippen LogP contribution is -2.42. The van der Waals surface area contributed by atoms with E-state index in [0.29, 0.717) is 5.75 Å². The van der Waals surface area contributed by atoms with E-state index in [2.05, 4.69) is 0 Å². The van der Waals surface area contributed by atoms with Gasteiger partial charge in [-0.15, -0.1) is 0 Å². The molecule has 2 aliphatic rings. The van der Waals surface area contributed by atoms with Gasteiger partial charge < -0.3 is 9.84 Å². The lowest BCUT2D eigenvalue weighted by Gasteiger charge is -2.23. The lowest BCUT2D eigenvalue weighted by molar-refractivity contribution is -0.142. The normalized spacial score (nSPS) is 24.9. The van der Waals surface area contributed by atoms with Crippen LogP contribution in [0.15, 0.2) is 18.2 Å². The monoisotopic (exact) mass is 349 g/mol. The average Bonchev–Trinajstić information content (AvgIpc) is 3.08. The van der Waals surface area contributed by atoms with Gasteiger partial charge in [-0.05, 0) is 37.1 Å². The summed E-state index contributed by atoms with van der Waals surface area (Å²) < 4.78 is 5.72. The molecule has 0 aromatic heterocycles. The van der Waals surface area contributed by atoms with Crippen molar-refractivity contribution in [2.45, 2.75) is 32.8 Å². The van der Waals surface area contributed by atoms with Crippen LogP contribution in [0.3, 0.4) is 0 Å². The van der Waals surface area contributed by atoms with Crippen molar-refractivity contribution in [2.24, 2.45) is 5.41 Å². The van der Waals surface area contributed by atoms with Gasteiger partial charge in [0.05, 0.1) is 12.0 Å². The number of ether oxygens (including phenoxy) is 1. The molecule has 0 saturated carbocycles. The molecular weight excluding hydrogens is 326 g/mol. The third-order valence-corrected chi connectivity index (χ3v) is 6.06. The second-order valence-corrected chi connectivity index (χ2v) is 7.86. The maximum Gasteiger partial charge on any atom is 0.236 e. The number of likely N-dealkylation sites (tertiary alicyclic amines) is 1. The van der Waals surface area contributed by atoms with E-state index >= 15 is 0 Å². The molecular formula is C18H23NO4S. The second kappa shape index (κ2) is 6.76. The van der Waals surface area contributed by atoms with Gasteiger partial charge in [-0.3, -0.25) is 14.5 Å². The summed E-state index contributed by atoms with van der Waals surface area (Å²) >= 11 is 1.72. The third-order valence-electron chi connectivity index (χ3n) is 4.81. The highest BCUT2D eigenvalue weighted by Crippen LogP contribution is 2.44. The average molecular weight is 349 g/mol. The summed E-state index contributed by atoms with van der Waals surface area (Å²) in [5.41, 5.74) is 1.48. The number of rotatable bonds is 5. The molecule has 24 heavy (non-hydrogen) atoms. The summed E-state index contributed by atoms with van der Waals surface area (Å²) in [4.78, 5) is 26.0. The van der Waals surface area contributed by atoms with E-state index in [1.807, 2.05) is 32.0 Å². The molecule has 130 valence electrons. The molecule has 5 nitrogen and oxygen atoms in total. The second-order valence-electron chi connectivity index (χ2n) is 6.75. The number of amides is 2. The highest BCUT2D eigenvalue weighted by atomic mass is 32.2. The van der Waals surface area contributed by atoms with Crippen molar-refractivity contribution in [3.63, 3.8) is 0 Å². The Bertz CT molecular complexity index is 634. The van der Waals surface area contributed by atoms with Crippen molar-refractivity contribution in [3.8, 4) is 5.75 Å². The van der Waals surface area contributed by atoms with Gasteiger partial charge in [0.1, 0.15) is 18.5 Å². The molecule has 0 radical (unpaired) electrons. The predicted octanol–water partition coefficient (Wildman–Crippen LogP) is 1.93. The largest absolute Gasteiger partial charge is 0.490 e. The number of aryl methyl sites for hydroxylation is 2. The van der Waals surface area contributed by atoms with Crippen LogP contribution in [0.5, 0.6) is 5.75 Å². The Morgan fingerprint density at radius 1 is 1.33 bits per heavy atom. The molecule has 2 atom stereocenters. The van der Waals surface area contributed by atoms with Crippen LogP contribution in [-0.2, 0) is 9.59 Å². The zero-order valence-corrected chi connectivity index (χ0v) is 14.9. The summed E-state index contributed by atoms with van der Waals surface area (Å²) in [5, 5.41) is 10.2. The minimum Gasteiger partial charge on any atom is -0.490 e. The van der Waals surface area contributed by atoms with E-state index < -0.39 is 11.5 Å². The lowest BCUT2D eigenvalue weighted by atomic mass is 9.86. The Labute approximate surface area is 146 Å². The summed E-state index contributed by atoms with van der Waals surface area (Å²) in [5.74, 6) is 2.09. The zero-order valence-electron chi connectivity index (χ0n) is 14.1. The number of aliphatic hydroxyl groups is 1. The van der Waals surface area contributed by atoms with Crippen molar-refractivity contribution in [1.82, 2.24) is 4.90 Å². The van der Waals surface area contributed by atoms with Crippen molar-refractivity contribution in [3.05, 3.63) is 29.3 Å².